The van der Waals surface area contributed by atoms with Crippen molar-refractivity contribution in [3.05, 3.63) is 35.4 Å². The average molecular weight is 191 g/mol. The normalized spacial score (nSPS) is 14.0. The second kappa shape index (κ2) is 3.66. The number of carbonyl (C=O) groups excluding carboxylic acids is 1. The molecule has 1 aliphatic heterocycles. The zero-order valence-corrected chi connectivity index (χ0v) is 7.80. The molecule has 66 valence electrons. The molecule has 0 bridgehead atoms. The molecule has 0 atom stereocenters. The Labute approximate surface area is 81.0 Å². The van der Waals surface area contributed by atoms with Crippen molar-refractivity contribution in [1.29, 1.82) is 0 Å². The predicted molar refractivity (Wildman–Crippen MR) is 54.7 cm³/mol. The van der Waals surface area contributed by atoms with Gasteiger partial charge in [0.1, 0.15) is 6.29 Å². The van der Waals surface area contributed by atoms with E-state index in [1.165, 1.54) is 4.90 Å². The van der Waals surface area contributed by atoms with E-state index in [1.54, 1.807) is 11.8 Å². The van der Waals surface area contributed by atoms with Crippen molar-refractivity contribution in [2.24, 2.45) is 0 Å². The van der Waals surface area contributed by atoms with Crippen molar-refractivity contribution < 1.29 is 4.79 Å². The summed E-state index contributed by atoms with van der Waals surface area (Å²) in [6.07, 6.45) is 1.37. The molecular weight excluding hydrogens is 182 g/mol. The van der Waals surface area contributed by atoms with Crippen LogP contribution in [0.1, 0.15) is 6.42 Å². The third-order valence-electron chi connectivity index (χ3n) is 1.81. The highest BCUT2D eigenvalue weighted by Crippen LogP contribution is 2.34. The van der Waals surface area contributed by atoms with Crippen LogP contribution in [-0.4, -0.2) is 6.29 Å². The smallest absolute Gasteiger partial charge is 0.125 e. The van der Waals surface area contributed by atoms with Gasteiger partial charge in [-0.25, -0.2) is 0 Å². The standard InChI is InChI=1S/C10H9NOS/c12-6-5-8-7-13-10-4-2-1-3-9(10)11-8/h1-4,6-7,11H,5H2. The minimum atomic E-state index is 0.460. The first kappa shape index (κ1) is 8.38. The van der Waals surface area contributed by atoms with Crippen molar-refractivity contribution in [3.8, 4) is 0 Å². The van der Waals surface area contributed by atoms with Crippen LogP contribution in [0.15, 0.2) is 40.3 Å². The number of hydrogen-bond acceptors (Lipinski definition) is 3. The number of para-hydroxylation sites is 1. The monoisotopic (exact) mass is 191 g/mol. The second-order valence-electron chi connectivity index (χ2n) is 2.75. The lowest BCUT2D eigenvalue weighted by atomic mass is 10.3. The molecule has 0 unspecified atom stereocenters. The molecule has 1 aromatic carbocycles. The Morgan fingerprint density at radius 2 is 2.23 bits per heavy atom. The maximum absolute atomic E-state index is 10.3. The fourth-order valence-corrected chi connectivity index (χ4v) is 2.03. The van der Waals surface area contributed by atoms with Crippen molar-refractivity contribution >= 4 is 23.7 Å². The Bertz CT molecular complexity index is 360. The van der Waals surface area contributed by atoms with Gasteiger partial charge >= 0.3 is 0 Å². The summed E-state index contributed by atoms with van der Waals surface area (Å²) < 4.78 is 0. The van der Waals surface area contributed by atoms with Crippen molar-refractivity contribution in [2.45, 2.75) is 11.3 Å². The van der Waals surface area contributed by atoms with Crippen LogP contribution >= 0.6 is 11.8 Å². The molecule has 13 heavy (non-hydrogen) atoms. The summed E-state index contributed by atoms with van der Waals surface area (Å²) >= 11 is 1.65. The van der Waals surface area contributed by atoms with Crippen molar-refractivity contribution in [1.82, 2.24) is 0 Å². The SMILES string of the molecule is O=CCC1=CSc2ccccc2N1. The van der Waals surface area contributed by atoms with Crippen LogP contribution in [0, 0.1) is 0 Å². The van der Waals surface area contributed by atoms with E-state index < -0.39 is 0 Å². The topological polar surface area (TPSA) is 29.1 Å². The van der Waals surface area contributed by atoms with E-state index in [1.807, 2.05) is 23.6 Å². The van der Waals surface area contributed by atoms with Gasteiger partial charge in [-0.3, -0.25) is 0 Å². The molecule has 3 heteroatoms. The first-order chi connectivity index (χ1) is 6.40. The number of fused-ring (bicyclic) bond motifs is 1. The molecule has 2 nitrogen and oxygen atoms in total. The van der Waals surface area contributed by atoms with Crippen LogP contribution in [-0.2, 0) is 4.79 Å². The zero-order chi connectivity index (χ0) is 9.10. The number of nitrogens with one attached hydrogen (secondary N) is 1. The summed E-state index contributed by atoms with van der Waals surface area (Å²) in [5.74, 6) is 0. The molecule has 1 heterocycles. The van der Waals surface area contributed by atoms with Gasteiger partial charge in [0.05, 0.1) is 5.69 Å². The number of aldehydes is 1. The lowest BCUT2D eigenvalue weighted by molar-refractivity contribution is -0.107. The van der Waals surface area contributed by atoms with E-state index in [2.05, 4.69) is 11.4 Å². The Balaban J connectivity index is 2.22. The summed E-state index contributed by atoms with van der Waals surface area (Å²) in [7, 11) is 0. The van der Waals surface area contributed by atoms with E-state index in [4.69, 9.17) is 0 Å². The highest BCUT2D eigenvalue weighted by Gasteiger charge is 2.08. The van der Waals surface area contributed by atoms with Crippen LogP contribution in [0.5, 0.6) is 0 Å². The molecule has 1 aromatic rings. The Morgan fingerprint density at radius 3 is 3.08 bits per heavy atom. The maximum Gasteiger partial charge on any atom is 0.125 e. The number of rotatable bonds is 2. The molecule has 1 aliphatic rings. The Hall–Kier alpha value is -1.22. The fraction of sp³-hybridized carbons (Fsp3) is 0.100. The molecule has 0 radical (unpaired) electrons. The van der Waals surface area contributed by atoms with Gasteiger partial charge in [-0.2, -0.15) is 0 Å². The number of hydrogen-bond donors (Lipinski definition) is 1. The molecule has 0 saturated carbocycles. The highest BCUT2D eigenvalue weighted by atomic mass is 32.2. The summed E-state index contributed by atoms with van der Waals surface area (Å²) in [5.41, 5.74) is 2.06. The Kier molecular flexibility index (Phi) is 2.36. The summed E-state index contributed by atoms with van der Waals surface area (Å²) in [6, 6.07) is 8.06. The summed E-state index contributed by atoms with van der Waals surface area (Å²) in [4.78, 5) is 11.5. The number of benzene rings is 1. The van der Waals surface area contributed by atoms with Gasteiger partial charge < -0.3 is 10.1 Å². The third-order valence-corrected chi connectivity index (χ3v) is 2.83. The van der Waals surface area contributed by atoms with Crippen LogP contribution in [0.2, 0.25) is 0 Å². The van der Waals surface area contributed by atoms with Gasteiger partial charge in [0.25, 0.3) is 0 Å². The molecule has 0 spiro atoms. The Morgan fingerprint density at radius 1 is 1.38 bits per heavy atom. The first-order valence-electron chi connectivity index (χ1n) is 4.05. The van der Waals surface area contributed by atoms with Crippen LogP contribution in [0.3, 0.4) is 0 Å². The van der Waals surface area contributed by atoms with Crippen molar-refractivity contribution in [3.63, 3.8) is 0 Å². The first-order valence-corrected chi connectivity index (χ1v) is 4.93. The number of carbonyl (C=O) groups is 1. The molecule has 0 amide bonds. The van der Waals surface area contributed by atoms with E-state index in [-0.39, 0.29) is 0 Å². The lowest BCUT2D eigenvalue weighted by Crippen LogP contribution is -2.03. The van der Waals surface area contributed by atoms with Crippen molar-refractivity contribution in [2.75, 3.05) is 5.32 Å². The maximum atomic E-state index is 10.3. The second-order valence-corrected chi connectivity index (χ2v) is 3.66. The van der Waals surface area contributed by atoms with Gasteiger partial charge in [-0.05, 0) is 17.5 Å². The summed E-state index contributed by atoms with van der Waals surface area (Å²) in [6.45, 7) is 0. The number of anilines is 1. The quantitative estimate of drug-likeness (QED) is 0.728. The third kappa shape index (κ3) is 1.75. The summed E-state index contributed by atoms with van der Waals surface area (Å²) in [5, 5.41) is 5.19. The van der Waals surface area contributed by atoms with E-state index in [0.717, 1.165) is 17.7 Å². The molecule has 2 rings (SSSR count). The fourth-order valence-electron chi connectivity index (χ4n) is 1.20. The minimum absolute atomic E-state index is 0.460. The number of allylic oxidation sites excluding steroid dienone is 1. The molecule has 0 fully saturated rings. The van der Waals surface area contributed by atoms with E-state index >= 15 is 0 Å². The van der Waals surface area contributed by atoms with Crippen LogP contribution in [0.4, 0.5) is 5.69 Å². The lowest BCUT2D eigenvalue weighted by Gasteiger charge is -2.16. The molecule has 0 aromatic heterocycles. The van der Waals surface area contributed by atoms with Crippen LogP contribution in [0.25, 0.3) is 0 Å². The predicted octanol–water partition coefficient (Wildman–Crippen LogP) is 2.63. The van der Waals surface area contributed by atoms with Gasteiger partial charge in [-0.15, -0.1) is 0 Å². The number of thioether (sulfide) groups is 1. The minimum Gasteiger partial charge on any atom is -0.357 e. The molecule has 1 N–H and O–H groups in total. The zero-order valence-electron chi connectivity index (χ0n) is 6.99. The largest absolute Gasteiger partial charge is 0.357 e. The van der Waals surface area contributed by atoms with Gasteiger partial charge in [0.2, 0.25) is 0 Å². The molecular formula is C10H9NOS. The molecule has 0 aliphatic carbocycles. The van der Waals surface area contributed by atoms with Gasteiger partial charge in [0.15, 0.2) is 0 Å². The average Bonchev–Trinajstić information content (AvgIpc) is 2.18. The van der Waals surface area contributed by atoms with E-state index in [0.29, 0.717) is 6.42 Å². The van der Waals surface area contributed by atoms with Crippen LogP contribution < -0.4 is 5.32 Å². The highest BCUT2D eigenvalue weighted by molar-refractivity contribution is 8.02. The van der Waals surface area contributed by atoms with Gasteiger partial charge in [-0.1, -0.05) is 23.9 Å². The van der Waals surface area contributed by atoms with Gasteiger partial charge in [0, 0.05) is 17.0 Å². The van der Waals surface area contributed by atoms with E-state index in [9.17, 15) is 4.79 Å². The molecule has 0 saturated heterocycles.